The molecule has 0 spiro atoms. The Hall–Kier alpha value is -4.11. The third kappa shape index (κ3) is 8.58. The number of carbonyl (C=O) groups excluding carboxylic acids is 4. The van der Waals surface area contributed by atoms with Crippen molar-refractivity contribution < 1.29 is 37.1 Å². The van der Waals surface area contributed by atoms with Gasteiger partial charge in [0.2, 0.25) is 21.8 Å². The maximum absolute atomic E-state index is 14.7. The minimum absolute atomic E-state index is 0.0369. The molecule has 0 unspecified atom stereocenters. The Kier molecular flexibility index (Phi) is 11.2. The maximum Gasteiger partial charge on any atom is 0.307 e. The summed E-state index contributed by atoms with van der Waals surface area (Å²) in [7, 11) is -3.85. The van der Waals surface area contributed by atoms with E-state index in [0.29, 0.717) is 38.1 Å². The molecule has 2 aliphatic heterocycles. The molecule has 3 fully saturated rings. The monoisotopic (exact) mass is 807 g/mol. The number of thiazole rings is 1. The molecular weight excluding hydrogens is 755 g/mol. The lowest BCUT2D eigenvalue weighted by atomic mass is 9.90. The fourth-order valence-electron chi connectivity index (χ4n) is 8.28. The summed E-state index contributed by atoms with van der Waals surface area (Å²) in [4.78, 5) is 68.1. The highest BCUT2D eigenvalue weighted by atomic mass is 32.2. The molecule has 2 aliphatic carbocycles. The van der Waals surface area contributed by atoms with Crippen LogP contribution in [0.2, 0.25) is 0 Å². The molecule has 2 amide bonds. The van der Waals surface area contributed by atoms with Crippen LogP contribution >= 0.6 is 11.3 Å². The molecule has 302 valence electrons. The lowest BCUT2D eigenvalue weighted by molar-refractivity contribution is -0.159. The van der Waals surface area contributed by atoms with Crippen LogP contribution < -0.4 is 9.46 Å². The minimum atomic E-state index is -3.85. The molecule has 5 atom stereocenters. The number of ketones is 1. The quantitative estimate of drug-likeness (QED) is 0.186. The summed E-state index contributed by atoms with van der Waals surface area (Å²) in [6.07, 6.45) is 9.80. The summed E-state index contributed by atoms with van der Waals surface area (Å²) in [5.41, 5.74) is 2.35. The zero-order chi connectivity index (χ0) is 40.0. The van der Waals surface area contributed by atoms with Crippen molar-refractivity contribution in [3.8, 4) is 16.5 Å². The number of rotatable bonds is 9. The Morgan fingerprint density at radius 2 is 1.89 bits per heavy atom. The van der Waals surface area contributed by atoms with Gasteiger partial charge in [0.15, 0.2) is 5.78 Å². The van der Waals surface area contributed by atoms with Crippen LogP contribution in [0.4, 0.5) is 0 Å². The number of carbonyl (C=O) groups is 4. The first-order valence-electron chi connectivity index (χ1n) is 19.9. The molecule has 2 aromatic heterocycles. The van der Waals surface area contributed by atoms with Gasteiger partial charge >= 0.3 is 5.97 Å². The standard InChI is InChI=1S/C41H53N5O8S2/c1-25(2)46-31-15-11-14-30(34-22-42-24-55-34)36(31)43-39(46)53-28-19-32-33(47)21-41(38(50)44-56(51,52)29-16-17-29)20-27(41)13-10-8-6-7-9-12-26(37(49)45(32)23-28)18-35(48)54-40(3,4)5/h10-11,13-15,22,24-29,32H,6-9,12,16-21,23H2,1-5H3,(H,44,50)/b13-10-/t26-,27-,28-,32+,41-/m1/s1. The fourth-order valence-corrected chi connectivity index (χ4v) is 10.3. The molecule has 0 radical (unpaired) electrons. The zero-order valence-electron chi connectivity index (χ0n) is 32.9. The highest BCUT2D eigenvalue weighted by Crippen LogP contribution is 2.57. The first-order valence-corrected chi connectivity index (χ1v) is 22.3. The van der Waals surface area contributed by atoms with Crippen molar-refractivity contribution in [2.24, 2.45) is 17.3 Å². The smallest absolute Gasteiger partial charge is 0.307 e. The molecule has 4 heterocycles. The molecule has 0 bridgehead atoms. The maximum atomic E-state index is 14.7. The number of sulfonamides is 1. The van der Waals surface area contributed by atoms with Gasteiger partial charge in [-0.3, -0.25) is 33.5 Å². The van der Waals surface area contributed by atoms with E-state index in [1.807, 2.05) is 48.8 Å². The Labute approximate surface area is 332 Å². The minimum Gasteiger partial charge on any atom is -0.460 e. The summed E-state index contributed by atoms with van der Waals surface area (Å²) in [6, 6.07) is 5.31. The number of hydrogen-bond acceptors (Lipinski definition) is 11. The number of amides is 2. The second-order valence-corrected chi connectivity index (χ2v) is 20.1. The van der Waals surface area contributed by atoms with Crippen LogP contribution in [0.15, 0.2) is 42.1 Å². The van der Waals surface area contributed by atoms with Crippen LogP contribution in [0.5, 0.6) is 6.01 Å². The topological polar surface area (TPSA) is 167 Å². The number of esters is 1. The second-order valence-electron chi connectivity index (χ2n) is 17.2. The first kappa shape index (κ1) is 40.1. The van der Waals surface area contributed by atoms with Crippen LogP contribution in [-0.2, 0) is 33.9 Å². The van der Waals surface area contributed by atoms with Gasteiger partial charge in [0.25, 0.3) is 6.01 Å². The normalized spacial score (nSPS) is 26.9. The van der Waals surface area contributed by atoms with Gasteiger partial charge in [-0.15, -0.1) is 11.3 Å². The van der Waals surface area contributed by atoms with E-state index in [1.165, 1.54) is 16.2 Å². The molecule has 7 rings (SSSR count). The van der Waals surface area contributed by atoms with Crippen molar-refractivity contribution in [2.75, 3.05) is 6.54 Å². The highest BCUT2D eigenvalue weighted by Gasteiger charge is 2.61. The zero-order valence-corrected chi connectivity index (χ0v) is 34.5. The van der Waals surface area contributed by atoms with E-state index in [-0.39, 0.29) is 49.5 Å². The van der Waals surface area contributed by atoms with Gasteiger partial charge in [0.1, 0.15) is 17.2 Å². The van der Waals surface area contributed by atoms with Gasteiger partial charge in [-0.1, -0.05) is 37.1 Å². The van der Waals surface area contributed by atoms with Gasteiger partial charge in [0.05, 0.1) is 45.6 Å². The number of hydrogen-bond donors (Lipinski definition) is 1. The SMILES string of the molecule is CC(C)n1c(O[C@@H]2C[C@H]3C(=O)C[C@]4(C(=O)NS(=O)(=O)C5CC5)C[C@H]4/C=C\CCCCC[C@H](CC(=O)OC(C)(C)C)C(=O)N3C2)nc2c(-c3cncs3)cccc21. The molecule has 56 heavy (non-hydrogen) atoms. The summed E-state index contributed by atoms with van der Waals surface area (Å²) < 4.78 is 42.5. The number of ether oxygens (including phenoxy) is 2. The summed E-state index contributed by atoms with van der Waals surface area (Å²) >= 11 is 1.51. The van der Waals surface area contributed by atoms with Crippen LogP contribution in [-0.4, -0.2) is 81.0 Å². The average molecular weight is 808 g/mol. The Bertz CT molecular complexity index is 2120. The van der Waals surface area contributed by atoms with E-state index in [0.717, 1.165) is 40.7 Å². The van der Waals surface area contributed by atoms with Crippen LogP contribution in [0.3, 0.4) is 0 Å². The van der Waals surface area contributed by atoms with Crippen LogP contribution in [0.25, 0.3) is 21.5 Å². The van der Waals surface area contributed by atoms with Gasteiger partial charge in [-0.2, -0.15) is 4.98 Å². The van der Waals surface area contributed by atoms with Crippen molar-refractivity contribution in [3.63, 3.8) is 0 Å². The molecule has 1 aromatic carbocycles. The number of nitrogens with one attached hydrogen (secondary N) is 1. The molecule has 15 heteroatoms. The number of imidazole rings is 1. The molecule has 2 saturated carbocycles. The third-order valence-electron chi connectivity index (χ3n) is 11.3. The predicted molar refractivity (Wildman–Crippen MR) is 212 cm³/mol. The van der Waals surface area contributed by atoms with E-state index >= 15 is 0 Å². The van der Waals surface area contributed by atoms with Crippen LogP contribution in [0, 0.1) is 17.3 Å². The molecule has 3 aromatic rings. The Morgan fingerprint density at radius 1 is 1.11 bits per heavy atom. The number of fused-ring (bicyclic) bond motifs is 3. The Morgan fingerprint density at radius 3 is 2.59 bits per heavy atom. The van der Waals surface area contributed by atoms with E-state index in [1.54, 1.807) is 32.5 Å². The largest absolute Gasteiger partial charge is 0.460 e. The second kappa shape index (κ2) is 15.7. The van der Waals surface area contributed by atoms with Crippen molar-refractivity contribution in [3.05, 3.63) is 42.1 Å². The van der Waals surface area contributed by atoms with Crippen molar-refractivity contribution in [2.45, 2.75) is 134 Å². The Balaban J connectivity index is 1.22. The lowest BCUT2D eigenvalue weighted by Crippen LogP contribution is -2.46. The molecular formula is C41H53N5O8S2. The number of benzene rings is 1. The van der Waals surface area contributed by atoms with Gasteiger partial charge < -0.3 is 14.4 Å². The van der Waals surface area contributed by atoms with Crippen molar-refractivity contribution >= 4 is 56.0 Å². The number of para-hydroxylation sites is 1. The summed E-state index contributed by atoms with van der Waals surface area (Å²) in [6.45, 7) is 9.49. The number of aromatic nitrogens is 3. The summed E-state index contributed by atoms with van der Waals surface area (Å²) in [5, 5.41) is -0.593. The van der Waals surface area contributed by atoms with E-state index in [4.69, 9.17) is 14.5 Å². The average Bonchev–Trinajstić information content (AvgIpc) is 3.91. The van der Waals surface area contributed by atoms with Gasteiger partial charge in [-0.25, -0.2) is 8.42 Å². The van der Waals surface area contributed by atoms with Crippen molar-refractivity contribution in [1.29, 1.82) is 0 Å². The fraction of sp³-hybridized carbons (Fsp3) is 0.610. The first-order chi connectivity index (χ1) is 26.6. The number of nitrogens with zero attached hydrogens (tertiary/aromatic N) is 4. The van der Waals surface area contributed by atoms with Crippen LogP contribution in [0.1, 0.15) is 111 Å². The predicted octanol–water partition coefficient (Wildman–Crippen LogP) is 6.53. The molecule has 13 nitrogen and oxygen atoms in total. The van der Waals surface area contributed by atoms with E-state index in [2.05, 4.69) is 9.71 Å². The highest BCUT2D eigenvalue weighted by molar-refractivity contribution is 7.90. The summed E-state index contributed by atoms with van der Waals surface area (Å²) in [5.74, 6) is -2.85. The van der Waals surface area contributed by atoms with E-state index < -0.39 is 56.2 Å². The third-order valence-corrected chi connectivity index (χ3v) is 14.0. The van der Waals surface area contributed by atoms with Gasteiger partial charge in [-0.05, 0) is 85.1 Å². The van der Waals surface area contributed by atoms with E-state index in [9.17, 15) is 27.6 Å². The molecule has 1 saturated heterocycles. The van der Waals surface area contributed by atoms with Crippen molar-refractivity contribution in [1.82, 2.24) is 24.2 Å². The molecule has 1 N–H and O–H groups in total. The molecule has 4 aliphatic rings. The number of Topliss-reactive ketones (excluding diaryl/α,β-unsaturated/α-hetero) is 1. The van der Waals surface area contributed by atoms with Gasteiger partial charge in [0, 0.05) is 36.6 Å². The number of allylic oxidation sites excluding steroid dienone is 2. The lowest BCUT2D eigenvalue weighted by Gasteiger charge is -2.29.